The van der Waals surface area contributed by atoms with E-state index >= 15 is 0 Å². The van der Waals surface area contributed by atoms with Gasteiger partial charge in [-0.2, -0.15) is 0 Å². The first kappa shape index (κ1) is 31.3. The molecule has 0 fully saturated rings. The van der Waals surface area contributed by atoms with Crippen LogP contribution in [0.4, 0.5) is 17.1 Å². The second-order valence-corrected chi connectivity index (χ2v) is 15.1. The normalized spacial score (nSPS) is 15.2. The Hall–Kier alpha value is -3.19. The molecule has 1 atom stereocenters. The van der Waals surface area contributed by atoms with Gasteiger partial charge in [0, 0.05) is 43.3 Å². The van der Waals surface area contributed by atoms with Crippen LogP contribution < -0.4 is 14.4 Å². The SMILES string of the molecule is CC.COC(=O)c1ccncc1NC[C@@H]1CCCc2cc(N(C)c3ccc(OS(C)(C)C(C)(C)C)cc3)ccc21.[HH]. The van der Waals surface area contributed by atoms with E-state index in [9.17, 15) is 4.79 Å². The highest BCUT2D eigenvalue weighted by Gasteiger charge is 2.30. The summed E-state index contributed by atoms with van der Waals surface area (Å²) in [6.45, 7) is 11.4. The summed E-state index contributed by atoms with van der Waals surface area (Å²) in [5.74, 6) is 0.932. The summed E-state index contributed by atoms with van der Waals surface area (Å²) in [7, 11) is 2.28. The van der Waals surface area contributed by atoms with Crippen molar-refractivity contribution in [1.82, 2.24) is 4.98 Å². The van der Waals surface area contributed by atoms with Gasteiger partial charge >= 0.3 is 5.97 Å². The Balaban J connectivity index is 0.00000192. The number of fused-ring (bicyclic) bond motifs is 1. The van der Waals surface area contributed by atoms with Crippen LogP contribution in [0.15, 0.2) is 60.9 Å². The average Bonchev–Trinajstić information content (AvgIpc) is 2.95. The predicted octanol–water partition coefficient (Wildman–Crippen LogP) is 8.60. The van der Waals surface area contributed by atoms with Crippen molar-refractivity contribution in [3.05, 3.63) is 77.6 Å². The zero-order valence-corrected chi connectivity index (χ0v) is 26.5. The van der Waals surface area contributed by atoms with Gasteiger partial charge < -0.3 is 19.1 Å². The number of aromatic nitrogens is 1. The molecule has 0 bridgehead atoms. The third-order valence-corrected chi connectivity index (χ3v) is 11.3. The van der Waals surface area contributed by atoms with E-state index in [1.807, 2.05) is 13.8 Å². The van der Waals surface area contributed by atoms with Crippen LogP contribution >= 0.6 is 10.3 Å². The molecule has 1 N–H and O–H groups in total. The molecule has 4 rings (SSSR count). The minimum absolute atomic E-state index is 0. The maximum Gasteiger partial charge on any atom is 0.340 e. The second kappa shape index (κ2) is 13.4. The van der Waals surface area contributed by atoms with Gasteiger partial charge in [-0.1, -0.05) is 30.2 Å². The van der Waals surface area contributed by atoms with Gasteiger partial charge in [0.15, 0.2) is 0 Å². The van der Waals surface area contributed by atoms with Gasteiger partial charge in [0.1, 0.15) is 5.75 Å². The molecule has 220 valence electrons. The van der Waals surface area contributed by atoms with Crippen molar-refractivity contribution in [3.63, 3.8) is 0 Å². The van der Waals surface area contributed by atoms with Crippen molar-refractivity contribution in [2.45, 2.75) is 64.5 Å². The zero-order valence-electron chi connectivity index (χ0n) is 25.7. The third kappa shape index (κ3) is 7.30. The minimum atomic E-state index is -1.23. The van der Waals surface area contributed by atoms with E-state index in [1.165, 1.54) is 23.9 Å². The van der Waals surface area contributed by atoms with Gasteiger partial charge in [0.05, 0.1) is 24.6 Å². The molecule has 1 aliphatic carbocycles. The molecule has 6 nitrogen and oxygen atoms in total. The Bertz CT molecular complexity index is 1280. The van der Waals surface area contributed by atoms with E-state index in [4.69, 9.17) is 8.92 Å². The van der Waals surface area contributed by atoms with Gasteiger partial charge in [0.2, 0.25) is 0 Å². The van der Waals surface area contributed by atoms with E-state index in [0.717, 1.165) is 37.2 Å². The molecule has 7 heteroatoms. The third-order valence-electron chi connectivity index (χ3n) is 7.72. The number of hydrogen-bond acceptors (Lipinski definition) is 6. The van der Waals surface area contributed by atoms with Crippen LogP contribution in [0.25, 0.3) is 0 Å². The Morgan fingerprint density at radius 2 is 1.77 bits per heavy atom. The van der Waals surface area contributed by atoms with Crippen molar-refractivity contribution >= 4 is 33.3 Å². The molecule has 2 aromatic carbocycles. The van der Waals surface area contributed by atoms with Crippen molar-refractivity contribution < 1.29 is 15.1 Å². The topological polar surface area (TPSA) is 63.7 Å². The number of esters is 1. The van der Waals surface area contributed by atoms with E-state index in [0.29, 0.717) is 17.2 Å². The minimum Gasteiger partial charge on any atom is -0.465 e. The Labute approximate surface area is 244 Å². The summed E-state index contributed by atoms with van der Waals surface area (Å²) in [5.41, 5.74) is 6.29. The van der Waals surface area contributed by atoms with Crippen LogP contribution in [0.1, 0.15) is 76.3 Å². The number of carbonyl (C=O) groups excluding carboxylic acids is 1. The standard InChI is InChI=1S/C31H41N3O3S.C2H6.H2/c1-31(2,3)38(6,7)37-26-14-11-24(12-15-26)34(4)25-13-16-27-22(19-25)9-8-10-23(27)20-33-29-21-32-18-17-28(29)30(35)36-5;1-2;/h11-19,21,23,33H,8-10,20H2,1-7H3;1-2H3;1H/t23-;;/m0../s1. The molecular formula is C33H49N3O3S. The fourth-order valence-electron chi connectivity index (χ4n) is 4.62. The molecule has 0 amide bonds. The molecule has 0 saturated heterocycles. The van der Waals surface area contributed by atoms with Crippen LogP contribution in [0.5, 0.6) is 5.75 Å². The summed E-state index contributed by atoms with van der Waals surface area (Å²) in [5, 5.41) is 3.45. The number of benzene rings is 2. The lowest BCUT2D eigenvalue weighted by Gasteiger charge is -2.43. The first-order valence-corrected chi connectivity index (χ1v) is 16.5. The fourth-order valence-corrected chi connectivity index (χ4v) is 5.46. The lowest BCUT2D eigenvalue weighted by Crippen LogP contribution is -2.27. The second-order valence-electron chi connectivity index (χ2n) is 11.2. The van der Waals surface area contributed by atoms with Gasteiger partial charge in [0.25, 0.3) is 0 Å². The number of aryl methyl sites for hydroxylation is 1. The lowest BCUT2D eigenvalue weighted by atomic mass is 9.82. The summed E-state index contributed by atoms with van der Waals surface area (Å²) in [6.07, 6.45) is 11.1. The van der Waals surface area contributed by atoms with Gasteiger partial charge in [-0.25, -0.2) is 4.79 Å². The molecule has 0 radical (unpaired) electrons. The van der Waals surface area contributed by atoms with Crippen LogP contribution in [-0.2, 0) is 11.2 Å². The van der Waals surface area contributed by atoms with Crippen molar-refractivity contribution in [1.29, 1.82) is 0 Å². The van der Waals surface area contributed by atoms with E-state index in [2.05, 4.69) is 98.0 Å². The number of hydrogen-bond donors (Lipinski definition) is 1. The maximum absolute atomic E-state index is 12.1. The number of carbonyl (C=O) groups is 1. The Morgan fingerprint density at radius 3 is 2.42 bits per heavy atom. The largest absolute Gasteiger partial charge is 0.465 e. The number of nitrogens with zero attached hydrogens (tertiary/aromatic N) is 2. The fraction of sp³-hybridized carbons (Fsp3) is 0.455. The van der Waals surface area contributed by atoms with Gasteiger partial charge in [-0.05, 0) is 106 Å². The molecule has 0 unspecified atom stereocenters. The number of pyridine rings is 1. The molecule has 0 aliphatic heterocycles. The van der Waals surface area contributed by atoms with E-state index in [1.54, 1.807) is 18.5 Å². The number of nitrogens with one attached hydrogen (secondary N) is 1. The first-order valence-electron chi connectivity index (χ1n) is 14.2. The van der Waals surface area contributed by atoms with Crippen LogP contribution in [0.3, 0.4) is 0 Å². The van der Waals surface area contributed by atoms with E-state index in [-0.39, 0.29) is 12.1 Å². The molecule has 1 aliphatic rings. The van der Waals surface area contributed by atoms with Crippen molar-refractivity contribution in [2.75, 3.05) is 43.4 Å². The molecule has 1 aromatic heterocycles. The molecule has 1 heterocycles. The summed E-state index contributed by atoms with van der Waals surface area (Å²) in [6, 6.07) is 16.9. The summed E-state index contributed by atoms with van der Waals surface area (Å²) >= 11 is 0. The number of rotatable bonds is 8. The molecular weight excluding hydrogens is 518 g/mol. The Kier molecular flexibility index (Phi) is 10.5. The highest BCUT2D eigenvalue weighted by Crippen LogP contribution is 2.53. The maximum atomic E-state index is 12.1. The molecule has 0 spiro atoms. The average molecular weight is 568 g/mol. The predicted molar refractivity (Wildman–Crippen MR) is 174 cm³/mol. The van der Waals surface area contributed by atoms with Gasteiger partial charge in [-0.15, -0.1) is 0 Å². The molecule has 40 heavy (non-hydrogen) atoms. The molecule has 3 aromatic rings. The van der Waals surface area contributed by atoms with Gasteiger partial charge in [-0.3, -0.25) is 4.98 Å². The highest BCUT2D eigenvalue weighted by atomic mass is 32.3. The monoisotopic (exact) mass is 567 g/mol. The summed E-state index contributed by atoms with van der Waals surface area (Å²) < 4.78 is 11.4. The quantitative estimate of drug-likeness (QED) is 0.275. The number of ether oxygens (including phenoxy) is 1. The zero-order chi connectivity index (χ0) is 29.5. The van der Waals surface area contributed by atoms with Crippen LogP contribution in [-0.4, -0.2) is 48.9 Å². The highest BCUT2D eigenvalue weighted by molar-refractivity contribution is 8.30. The smallest absolute Gasteiger partial charge is 0.340 e. The van der Waals surface area contributed by atoms with Crippen molar-refractivity contribution in [2.24, 2.45) is 0 Å². The number of anilines is 3. The lowest BCUT2D eigenvalue weighted by molar-refractivity contribution is 0.0601. The first-order chi connectivity index (χ1) is 19.0. The van der Waals surface area contributed by atoms with E-state index < -0.39 is 10.3 Å². The van der Waals surface area contributed by atoms with Crippen LogP contribution in [0, 0.1) is 0 Å². The van der Waals surface area contributed by atoms with Crippen molar-refractivity contribution in [3.8, 4) is 5.75 Å². The summed E-state index contributed by atoms with van der Waals surface area (Å²) in [4.78, 5) is 18.5. The van der Waals surface area contributed by atoms with Crippen LogP contribution in [0.2, 0.25) is 0 Å². The molecule has 0 saturated carbocycles. The number of methoxy groups -OCH3 is 1. The Morgan fingerprint density at radius 1 is 1.10 bits per heavy atom.